The summed E-state index contributed by atoms with van der Waals surface area (Å²) in [4.78, 5) is 16.5. The van der Waals surface area contributed by atoms with E-state index >= 15 is 0 Å². The van der Waals surface area contributed by atoms with Crippen LogP contribution in [0.4, 0.5) is 0 Å². The van der Waals surface area contributed by atoms with E-state index in [0.717, 1.165) is 0 Å². The molecule has 0 aliphatic carbocycles. The van der Waals surface area contributed by atoms with E-state index in [4.69, 9.17) is 4.52 Å². The number of sulfonamides is 1. The van der Waals surface area contributed by atoms with E-state index in [9.17, 15) is 13.2 Å². The molecule has 0 amide bonds. The minimum absolute atomic E-state index is 0.0350. The second kappa shape index (κ2) is 6.19. The first kappa shape index (κ1) is 16.9. The lowest BCUT2D eigenvalue weighted by Crippen LogP contribution is -2.24. The predicted octanol–water partition coefficient (Wildman–Crippen LogP) is 2.21. The van der Waals surface area contributed by atoms with Gasteiger partial charge in [0.05, 0.1) is 21.6 Å². The predicted molar refractivity (Wildman–Crippen MR) is 91.2 cm³/mol. The lowest BCUT2D eigenvalue weighted by Gasteiger charge is -2.09. The molecule has 0 atom stereocenters. The van der Waals surface area contributed by atoms with Crippen molar-refractivity contribution in [2.45, 2.75) is 31.2 Å². The van der Waals surface area contributed by atoms with Crippen LogP contribution in [0.25, 0.3) is 11.0 Å². The molecular formula is C14H15BrN4O4S. The molecule has 3 N–H and O–H groups in total. The van der Waals surface area contributed by atoms with Crippen LogP contribution < -0.4 is 10.4 Å². The van der Waals surface area contributed by atoms with Crippen LogP contribution in [0.5, 0.6) is 0 Å². The van der Waals surface area contributed by atoms with Gasteiger partial charge in [-0.05, 0) is 34.0 Å². The Morgan fingerprint density at radius 1 is 1.29 bits per heavy atom. The Balaban J connectivity index is 1.91. The summed E-state index contributed by atoms with van der Waals surface area (Å²) in [6.07, 6.45) is 1.43. The maximum absolute atomic E-state index is 12.6. The van der Waals surface area contributed by atoms with Crippen molar-refractivity contribution in [1.82, 2.24) is 19.8 Å². The molecule has 128 valence electrons. The van der Waals surface area contributed by atoms with Gasteiger partial charge in [-0.15, -0.1) is 0 Å². The van der Waals surface area contributed by atoms with Gasteiger partial charge >= 0.3 is 5.69 Å². The zero-order chi connectivity index (χ0) is 17.5. The summed E-state index contributed by atoms with van der Waals surface area (Å²) in [6, 6.07) is 2.94. The number of hydrogen-bond donors (Lipinski definition) is 3. The first-order chi connectivity index (χ1) is 11.3. The van der Waals surface area contributed by atoms with E-state index in [1.807, 2.05) is 13.8 Å². The zero-order valence-electron chi connectivity index (χ0n) is 12.9. The Bertz CT molecular complexity index is 1050. The van der Waals surface area contributed by atoms with E-state index in [2.05, 4.69) is 35.8 Å². The number of nitrogens with one attached hydrogen (secondary N) is 3. The maximum Gasteiger partial charge on any atom is 0.323 e. The number of aromatic amines is 2. The van der Waals surface area contributed by atoms with Crippen molar-refractivity contribution in [3.8, 4) is 0 Å². The van der Waals surface area contributed by atoms with Gasteiger partial charge in [0, 0.05) is 16.6 Å². The molecular weight excluding hydrogens is 400 g/mol. The van der Waals surface area contributed by atoms with Crippen molar-refractivity contribution in [3.05, 3.63) is 44.6 Å². The number of benzene rings is 1. The Morgan fingerprint density at radius 2 is 1.96 bits per heavy atom. The standard InChI is InChI=1S/C14H15BrN4O4S/c1-7(2)13-8(6-23-19-13)5-16-24(21,22)12-4-11-10(3-9(12)15)17-14(20)18-11/h3-4,6-7,16H,5H2,1-2H3,(H2,17,18,20). The highest BCUT2D eigenvalue weighted by Crippen LogP contribution is 2.26. The summed E-state index contributed by atoms with van der Waals surface area (Å²) < 4.78 is 33.0. The number of imidazole rings is 1. The molecule has 2 heterocycles. The van der Waals surface area contributed by atoms with Crippen LogP contribution in [-0.4, -0.2) is 23.5 Å². The number of nitrogens with zero attached hydrogens (tertiary/aromatic N) is 1. The Labute approximate surface area is 145 Å². The summed E-state index contributed by atoms with van der Waals surface area (Å²) in [5, 5.41) is 3.89. The normalized spacial score (nSPS) is 12.3. The van der Waals surface area contributed by atoms with Crippen LogP contribution in [0, 0.1) is 0 Å². The summed E-state index contributed by atoms with van der Waals surface area (Å²) >= 11 is 3.23. The molecule has 0 fully saturated rings. The summed E-state index contributed by atoms with van der Waals surface area (Å²) in [6.45, 7) is 3.96. The number of hydrogen-bond acceptors (Lipinski definition) is 5. The van der Waals surface area contributed by atoms with Gasteiger partial charge in [-0.2, -0.15) is 0 Å². The van der Waals surface area contributed by atoms with Gasteiger partial charge in [0.15, 0.2) is 0 Å². The first-order valence-electron chi connectivity index (χ1n) is 7.12. The highest BCUT2D eigenvalue weighted by Gasteiger charge is 2.21. The fourth-order valence-electron chi connectivity index (χ4n) is 2.37. The lowest BCUT2D eigenvalue weighted by molar-refractivity contribution is 0.408. The summed E-state index contributed by atoms with van der Waals surface area (Å²) in [7, 11) is -3.79. The maximum atomic E-state index is 12.6. The fraction of sp³-hybridized carbons (Fsp3) is 0.286. The van der Waals surface area contributed by atoms with Gasteiger partial charge in [0.1, 0.15) is 6.26 Å². The molecule has 0 bridgehead atoms. The molecule has 2 aromatic heterocycles. The monoisotopic (exact) mass is 414 g/mol. The lowest BCUT2D eigenvalue weighted by atomic mass is 10.1. The third-order valence-electron chi connectivity index (χ3n) is 3.53. The number of H-pyrrole nitrogens is 2. The minimum atomic E-state index is -3.79. The van der Waals surface area contributed by atoms with Crippen LogP contribution in [0.15, 0.2) is 37.1 Å². The first-order valence-corrected chi connectivity index (χ1v) is 9.40. The van der Waals surface area contributed by atoms with Crippen LogP contribution >= 0.6 is 15.9 Å². The summed E-state index contributed by atoms with van der Waals surface area (Å²) in [5.41, 5.74) is 1.93. The highest BCUT2D eigenvalue weighted by atomic mass is 79.9. The number of halogens is 1. The average Bonchev–Trinajstić information content (AvgIpc) is 3.09. The SMILES string of the molecule is CC(C)c1nocc1CNS(=O)(=O)c1cc2[nH]c(=O)[nH]c2cc1Br. The number of aromatic nitrogens is 3. The van der Waals surface area contributed by atoms with Crippen molar-refractivity contribution in [2.75, 3.05) is 0 Å². The molecule has 0 aliphatic rings. The van der Waals surface area contributed by atoms with E-state index < -0.39 is 15.7 Å². The minimum Gasteiger partial charge on any atom is -0.364 e. The van der Waals surface area contributed by atoms with E-state index in [1.54, 1.807) is 6.07 Å². The van der Waals surface area contributed by atoms with Crippen LogP contribution in [-0.2, 0) is 16.6 Å². The van der Waals surface area contributed by atoms with Crippen molar-refractivity contribution >= 4 is 37.0 Å². The molecule has 0 spiro atoms. The van der Waals surface area contributed by atoms with Crippen LogP contribution in [0.1, 0.15) is 31.0 Å². The third kappa shape index (κ3) is 3.17. The zero-order valence-corrected chi connectivity index (χ0v) is 15.3. The highest BCUT2D eigenvalue weighted by molar-refractivity contribution is 9.10. The van der Waals surface area contributed by atoms with Crippen LogP contribution in [0.2, 0.25) is 0 Å². The summed E-state index contributed by atoms with van der Waals surface area (Å²) in [5.74, 6) is 0.122. The van der Waals surface area contributed by atoms with E-state index in [-0.39, 0.29) is 17.4 Å². The van der Waals surface area contributed by atoms with Crippen molar-refractivity contribution in [1.29, 1.82) is 0 Å². The van der Waals surface area contributed by atoms with Crippen LogP contribution in [0.3, 0.4) is 0 Å². The Morgan fingerprint density at radius 3 is 2.62 bits per heavy atom. The fourth-order valence-corrected chi connectivity index (χ4v) is 4.44. The van der Waals surface area contributed by atoms with Gasteiger partial charge < -0.3 is 14.5 Å². The van der Waals surface area contributed by atoms with E-state index in [1.165, 1.54) is 12.3 Å². The molecule has 0 radical (unpaired) electrons. The Hall–Kier alpha value is -1.91. The third-order valence-corrected chi connectivity index (χ3v) is 5.89. The van der Waals surface area contributed by atoms with Crippen molar-refractivity contribution < 1.29 is 12.9 Å². The second-order valence-corrected chi connectivity index (χ2v) is 8.20. The molecule has 0 saturated heterocycles. The molecule has 0 saturated carbocycles. The molecule has 10 heteroatoms. The van der Waals surface area contributed by atoms with Gasteiger partial charge in [0.25, 0.3) is 0 Å². The number of fused-ring (bicyclic) bond motifs is 1. The van der Waals surface area contributed by atoms with E-state index in [0.29, 0.717) is 26.8 Å². The smallest absolute Gasteiger partial charge is 0.323 e. The second-order valence-electron chi connectivity index (χ2n) is 5.61. The van der Waals surface area contributed by atoms with Crippen molar-refractivity contribution in [3.63, 3.8) is 0 Å². The largest absolute Gasteiger partial charge is 0.364 e. The quantitative estimate of drug-likeness (QED) is 0.590. The average molecular weight is 415 g/mol. The van der Waals surface area contributed by atoms with Gasteiger partial charge in [0.2, 0.25) is 10.0 Å². The molecule has 0 aliphatic heterocycles. The molecule has 24 heavy (non-hydrogen) atoms. The van der Waals surface area contributed by atoms with Gasteiger partial charge in [-0.3, -0.25) is 0 Å². The van der Waals surface area contributed by atoms with Gasteiger partial charge in [-0.25, -0.2) is 17.9 Å². The molecule has 8 nitrogen and oxygen atoms in total. The molecule has 3 aromatic rings. The number of rotatable bonds is 5. The van der Waals surface area contributed by atoms with Crippen molar-refractivity contribution in [2.24, 2.45) is 0 Å². The topological polar surface area (TPSA) is 121 Å². The molecule has 1 aromatic carbocycles. The molecule has 3 rings (SSSR count). The molecule has 0 unspecified atom stereocenters. The Kier molecular flexibility index (Phi) is 4.37. The van der Waals surface area contributed by atoms with Gasteiger partial charge in [-0.1, -0.05) is 19.0 Å².